The van der Waals surface area contributed by atoms with Gasteiger partial charge in [-0.2, -0.15) is 5.10 Å². The topological polar surface area (TPSA) is 139 Å². The van der Waals surface area contributed by atoms with Crippen LogP contribution in [0.3, 0.4) is 0 Å². The van der Waals surface area contributed by atoms with Gasteiger partial charge in [-0.05, 0) is 25.3 Å². The van der Waals surface area contributed by atoms with E-state index >= 15 is 0 Å². The number of amides is 4. The molecule has 2 aliphatic heterocycles. The lowest BCUT2D eigenvalue weighted by atomic mass is 9.93. The van der Waals surface area contributed by atoms with Gasteiger partial charge in [0.15, 0.2) is 11.7 Å². The van der Waals surface area contributed by atoms with Crippen LogP contribution in [0.15, 0.2) is 24.4 Å². The first-order valence-corrected chi connectivity index (χ1v) is 13.9. The molecule has 3 fully saturated rings. The number of piperidine rings is 1. The number of anilines is 1. The smallest absolute Gasteiger partial charge is 0.265 e. The summed E-state index contributed by atoms with van der Waals surface area (Å²) < 4.78 is 7.58. The van der Waals surface area contributed by atoms with Crippen molar-refractivity contribution in [3.8, 4) is 5.75 Å². The molecule has 1 saturated carbocycles. The molecular weight excluding hydrogens is 522 g/mol. The van der Waals surface area contributed by atoms with Gasteiger partial charge in [0.1, 0.15) is 16.1 Å². The molecule has 6 rings (SSSR count). The normalized spacial score (nSPS) is 19.8. The van der Waals surface area contributed by atoms with E-state index in [0.29, 0.717) is 60.5 Å². The van der Waals surface area contributed by atoms with Crippen LogP contribution >= 0.6 is 11.3 Å². The minimum Gasteiger partial charge on any atom is -0.481 e. The van der Waals surface area contributed by atoms with Crippen molar-refractivity contribution in [3.63, 3.8) is 0 Å². The quantitative estimate of drug-likeness (QED) is 0.421. The minimum atomic E-state index is -0.520. The molecule has 204 valence electrons. The highest BCUT2D eigenvalue weighted by atomic mass is 32.1. The van der Waals surface area contributed by atoms with E-state index in [1.807, 2.05) is 6.07 Å². The number of rotatable bonds is 7. The summed E-state index contributed by atoms with van der Waals surface area (Å²) in [5.74, 6) is -0.883. The molecule has 0 bridgehead atoms. The fourth-order valence-electron chi connectivity index (χ4n) is 5.04. The zero-order valence-electron chi connectivity index (χ0n) is 21.5. The molecule has 2 saturated heterocycles. The standard InChI is InChI=1S/C26H29N7O5S/c1-31-23-16(22(30-31)17-7-8-20(34)29-24(17)36)3-2-4-18(23)38-14-21(35)32-9-11-33(12-10-32)25(37)19-13-27-26(39-19)28-15-5-6-15/h2-4,13,15,17H,5-12,14H2,1H3,(H,27,28)(H,29,34,36). The maximum Gasteiger partial charge on any atom is 0.265 e. The maximum atomic E-state index is 13.0. The number of piperazine rings is 1. The number of imide groups is 1. The number of carbonyl (C=O) groups is 4. The number of aromatic nitrogens is 3. The van der Waals surface area contributed by atoms with E-state index in [1.54, 1.807) is 39.9 Å². The van der Waals surface area contributed by atoms with E-state index in [4.69, 9.17) is 4.74 Å². The van der Waals surface area contributed by atoms with Gasteiger partial charge in [-0.3, -0.25) is 29.2 Å². The number of ether oxygens (including phenoxy) is 1. The molecule has 2 aromatic heterocycles. The molecule has 0 radical (unpaired) electrons. The first kappa shape index (κ1) is 25.3. The van der Waals surface area contributed by atoms with Gasteiger partial charge < -0.3 is 19.9 Å². The number of carbonyl (C=O) groups excluding carboxylic acids is 4. The monoisotopic (exact) mass is 551 g/mol. The van der Waals surface area contributed by atoms with Crippen LogP contribution < -0.4 is 15.4 Å². The number of benzene rings is 1. The molecule has 1 unspecified atom stereocenters. The molecule has 1 atom stereocenters. The summed E-state index contributed by atoms with van der Waals surface area (Å²) in [7, 11) is 1.76. The van der Waals surface area contributed by atoms with Gasteiger partial charge in [0.05, 0.1) is 17.8 Å². The van der Waals surface area contributed by atoms with Crippen LogP contribution in [0.25, 0.3) is 10.9 Å². The Hall–Kier alpha value is -4.00. The Kier molecular flexibility index (Phi) is 6.67. The number of para-hydroxylation sites is 1. The highest BCUT2D eigenvalue weighted by Gasteiger charge is 2.32. The van der Waals surface area contributed by atoms with Crippen LogP contribution in [-0.4, -0.2) is 87.0 Å². The number of hydrogen-bond acceptors (Lipinski definition) is 9. The second-order valence-electron chi connectivity index (χ2n) is 10.1. The van der Waals surface area contributed by atoms with Gasteiger partial charge in [-0.25, -0.2) is 4.98 Å². The van der Waals surface area contributed by atoms with Crippen LogP contribution in [0.4, 0.5) is 5.13 Å². The van der Waals surface area contributed by atoms with Crippen LogP contribution in [0, 0.1) is 0 Å². The first-order chi connectivity index (χ1) is 18.9. The average molecular weight is 552 g/mol. The zero-order chi connectivity index (χ0) is 27.1. The molecule has 2 N–H and O–H groups in total. The summed E-state index contributed by atoms with van der Waals surface area (Å²) >= 11 is 1.37. The minimum absolute atomic E-state index is 0.0607. The lowest BCUT2D eigenvalue weighted by molar-refractivity contribution is -0.135. The van der Waals surface area contributed by atoms with Gasteiger partial charge in [0, 0.05) is 51.1 Å². The molecule has 0 spiro atoms. The average Bonchev–Trinajstić information content (AvgIpc) is 3.52. The highest BCUT2D eigenvalue weighted by molar-refractivity contribution is 7.17. The second-order valence-corrected chi connectivity index (χ2v) is 11.1. The molecule has 39 heavy (non-hydrogen) atoms. The van der Waals surface area contributed by atoms with E-state index in [9.17, 15) is 19.2 Å². The number of hydrogen-bond donors (Lipinski definition) is 2. The third kappa shape index (κ3) is 5.18. The van der Waals surface area contributed by atoms with E-state index < -0.39 is 5.92 Å². The fraction of sp³-hybridized carbons (Fsp3) is 0.462. The Balaban J connectivity index is 1.06. The summed E-state index contributed by atoms with van der Waals surface area (Å²) in [5, 5.41) is 11.8. The van der Waals surface area contributed by atoms with Crippen molar-refractivity contribution >= 4 is 51.0 Å². The van der Waals surface area contributed by atoms with E-state index in [1.165, 1.54) is 11.3 Å². The molecule has 13 heteroatoms. The summed E-state index contributed by atoms with van der Waals surface area (Å²) in [5.41, 5.74) is 1.27. The van der Waals surface area contributed by atoms with Crippen molar-refractivity contribution in [1.29, 1.82) is 0 Å². The Labute approximate surface area is 228 Å². The van der Waals surface area contributed by atoms with Gasteiger partial charge in [0.2, 0.25) is 11.8 Å². The van der Waals surface area contributed by atoms with E-state index in [-0.39, 0.29) is 36.7 Å². The van der Waals surface area contributed by atoms with Crippen LogP contribution in [0.2, 0.25) is 0 Å². The van der Waals surface area contributed by atoms with Gasteiger partial charge in [-0.15, -0.1) is 0 Å². The van der Waals surface area contributed by atoms with Crippen LogP contribution in [0.5, 0.6) is 5.75 Å². The number of nitrogens with zero attached hydrogens (tertiary/aromatic N) is 5. The van der Waals surface area contributed by atoms with Crippen molar-refractivity contribution in [2.24, 2.45) is 7.05 Å². The number of aryl methyl sites for hydroxylation is 1. The summed E-state index contributed by atoms with van der Waals surface area (Å²) in [4.78, 5) is 58.2. The molecular formula is C26H29N7O5S. The SMILES string of the molecule is Cn1nc(C2CCC(=O)NC2=O)c2cccc(OCC(=O)N3CCN(C(=O)c4cnc(NC5CC5)s4)CC3)c21. The predicted octanol–water partition coefficient (Wildman–Crippen LogP) is 1.49. The molecule has 12 nitrogen and oxygen atoms in total. The summed E-state index contributed by atoms with van der Waals surface area (Å²) in [6.45, 7) is 1.59. The largest absolute Gasteiger partial charge is 0.481 e. The van der Waals surface area contributed by atoms with Crippen LogP contribution in [-0.2, 0) is 21.4 Å². The molecule has 1 aliphatic carbocycles. The van der Waals surface area contributed by atoms with E-state index in [2.05, 4.69) is 20.7 Å². The third-order valence-corrected chi connectivity index (χ3v) is 8.23. The van der Waals surface area contributed by atoms with Gasteiger partial charge in [-0.1, -0.05) is 23.5 Å². The van der Waals surface area contributed by atoms with Crippen molar-refractivity contribution in [2.45, 2.75) is 37.6 Å². The Morgan fingerprint density at radius 2 is 1.90 bits per heavy atom. The lowest BCUT2D eigenvalue weighted by Crippen LogP contribution is -2.51. The molecule has 3 aromatic rings. The number of nitrogens with one attached hydrogen (secondary N) is 2. The summed E-state index contributed by atoms with van der Waals surface area (Å²) in [6, 6.07) is 5.91. The van der Waals surface area contributed by atoms with Gasteiger partial charge in [0.25, 0.3) is 11.8 Å². The van der Waals surface area contributed by atoms with Crippen molar-refractivity contribution in [2.75, 3.05) is 38.1 Å². The van der Waals surface area contributed by atoms with Crippen molar-refractivity contribution < 1.29 is 23.9 Å². The molecule has 1 aromatic carbocycles. The Morgan fingerprint density at radius 1 is 1.13 bits per heavy atom. The van der Waals surface area contributed by atoms with Crippen molar-refractivity contribution in [1.82, 2.24) is 29.9 Å². The third-order valence-electron chi connectivity index (χ3n) is 7.32. The highest BCUT2D eigenvalue weighted by Crippen LogP contribution is 2.34. The lowest BCUT2D eigenvalue weighted by Gasteiger charge is -2.34. The second kappa shape index (κ2) is 10.3. The van der Waals surface area contributed by atoms with Crippen molar-refractivity contribution in [3.05, 3.63) is 35.0 Å². The molecule has 4 heterocycles. The Bertz CT molecular complexity index is 1450. The molecule has 3 aliphatic rings. The fourth-order valence-corrected chi connectivity index (χ4v) is 5.91. The first-order valence-electron chi connectivity index (χ1n) is 13.1. The summed E-state index contributed by atoms with van der Waals surface area (Å²) in [6.07, 6.45) is 4.57. The zero-order valence-corrected chi connectivity index (χ0v) is 22.3. The van der Waals surface area contributed by atoms with Gasteiger partial charge >= 0.3 is 0 Å². The maximum absolute atomic E-state index is 13.0. The number of thiazole rings is 1. The molecule has 4 amide bonds. The Morgan fingerprint density at radius 3 is 2.64 bits per heavy atom. The number of fused-ring (bicyclic) bond motifs is 1. The van der Waals surface area contributed by atoms with E-state index in [0.717, 1.165) is 23.4 Å². The predicted molar refractivity (Wildman–Crippen MR) is 143 cm³/mol. The van der Waals surface area contributed by atoms with Crippen LogP contribution in [0.1, 0.15) is 47.0 Å².